The lowest BCUT2D eigenvalue weighted by atomic mass is 9.99. The Morgan fingerprint density at radius 1 is 0.273 bits per heavy atom. The Bertz CT molecular complexity index is 2640. The molecule has 5 heteroatoms. The van der Waals surface area contributed by atoms with Crippen LogP contribution in [0.2, 0.25) is 0 Å². The van der Waals surface area contributed by atoms with E-state index >= 15 is 0 Å². The van der Waals surface area contributed by atoms with E-state index in [0.29, 0.717) is 5.82 Å². The van der Waals surface area contributed by atoms with Crippen molar-refractivity contribution in [1.82, 2.24) is 24.9 Å². The van der Waals surface area contributed by atoms with E-state index < -0.39 is 0 Å². The van der Waals surface area contributed by atoms with Crippen LogP contribution in [0.5, 0.6) is 0 Å². The number of pyridine rings is 3. The second-order valence-electron chi connectivity index (χ2n) is 13.5. The molecule has 0 N–H and O–H groups in total. The molecule has 0 aliphatic rings. The number of benzene rings is 5. The molecule has 0 fully saturated rings. The first-order chi connectivity index (χ1) is 27.1. The summed E-state index contributed by atoms with van der Waals surface area (Å²) in [5.41, 5.74) is 15.8. The number of hydrogen-bond donors (Lipinski definition) is 0. The lowest BCUT2D eigenvalue weighted by Crippen LogP contribution is -1.95. The molecule has 0 aliphatic heterocycles. The molecule has 0 radical (unpaired) electrons. The van der Waals surface area contributed by atoms with Crippen LogP contribution < -0.4 is 0 Å². The Kier molecular flexibility index (Phi) is 9.09. The summed E-state index contributed by atoms with van der Waals surface area (Å²) in [7, 11) is 0. The van der Waals surface area contributed by atoms with Crippen molar-refractivity contribution in [2.75, 3.05) is 0 Å². The fourth-order valence-corrected chi connectivity index (χ4v) is 6.68. The zero-order valence-corrected chi connectivity index (χ0v) is 30.2. The van der Waals surface area contributed by atoms with Gasteiger partial charge in [-0.15, -0.1) is 0 Å². The maximum atomic E-state index is 5.01. The lowest BCUT2D eigenvalue weighted by Gasteiger charge is -2.11. The Morgan fingerprint density at radius 3 is 1.16 bits per heavy atom. The highest BCUT2D eigenvalue weighted by Gasteiger charge is 2.13. The fraction of sp³-hybridized carbons (Fsp3) is 0.0200. The fourth-order valence-electron chi connectivity index (χ4n) is 6.68. The monoisotopic (exact) mass is 705 g/mol. The maximum absolute atomic E-state index is 5.01. The van der Waals surface area contributed by atoms with Crippen LogP contribution in [0, 0.1) is 6.92 Å². The van der Waals surface area contributed by atoms with Crippen molar-refractivity contribution in [2.24, 2.45) is 0 Å². The van der Waals surface area contributed by atoms with E-state index in [0.717, 1.165) is 89.8 Å². The van der Waals surface area contributed by atoms with Crippen molar-refractivity contribution in [1.29, 1.82) is 0 Å². The molecule has 260 valence electrons. The van der Waals surface area contributed by atoms with Crippen molar-refractivity contribution in [3.05, 3.63) is 200 Å². The number of aryl methyl sites for hydroxylation is 1. The van der Waals surface area contributed by atoms with Gasteiger partial charge in [0.05, 0.1) is 34.2 Å². The molecule has 0 unspecified atom stereocenters. The summed E-state index contributed by atoms with van der Waals surface area (Å²) < 4.78 is 0. The zero-order valence-electron chi connectivity index (χ0n) is 30.2. The van der Waals surface area contributed by atoms with E-state index in [9.17, 15) is 0 Å². The minimum Gasteiger partial charge on any atom is -0.254 e. The molecule has 9 rings (SSSR count). The molecule has 55 heavy (non-hydrogen) atoms. The van der Waals surface area contributed by atoms with Gasteiger partial charge in [-0.1, -0.05) is 152 Å². The third kappa shape index (κ3) is 7.32. The van der Waals surface area contributed by atoms with Gasteiger partial charge in [0.1, 0.15) is 0 Å². The summed E-state index contributed by atoms with van der Waals surface area (Å²) in [4.78, 5) is 24.5. The Morgan fingerprint density at radius 2 is 0.691 bits per heavy atom. The van der Waals surface area contributed by atoms with Crippen molar-refractivity contribution in [3.63, 3.8) is 0 Å². The molecule has 0 spiro atoms. The molecule has 5 aromatic carbocycles. The molecule has 0 atom stereocenters. The highest BCUT2D eigenvalue weighted by atomic mass is 14.9. The van der Waals surface area contributed by atoms with Crippen molar-refractivity contribution >= 4 is 0 Å². The van der Waals surface area contributed by atoms with E-state index in [-0.39, 0.29) is 0 Å². The third-order valence-corrected chi connectivity index (χ3v) is 9.69. The van der Waals surface area contributed by atoms with Gasteiger partial charge in [-0.2, -0.15) is 0 Å². The van der Waals surface area contributed by atoms with Crippen LogP contribution in [0.1, 0.15) is 5.56 Å². The lowest BCUT2D eigenvalue weighted by molar-refractivity contribution is 1.18. The predicted molar refractivity (Wildman–Crippen MR) is 224 cm³/mol. The average molecular weight is 706 g/mol. The molecular weight excluding hydrogens is 671 g/mol. The summed E-state index contributed by atoms with van der Waals surface area (Å²) in [6.45, 7) is 2.04. The van der Waals surface area contributed by atoms with Crippen LogP contribution in [-0.2, 0) is 0 Å². The van der Waals surface area contributed by atoms with Gasteiger partial charge in [0, 0.05) is 34.6 Å². The number of nitrogens with zero attached hydrogens (tertiary/aromatic N) is 5. The van der Waals surface area contributed by atoms with Crippen LogP contribution in [-0.4, -0.2) is 24.9 Å². The first-order valence-corrected chi connectivity index (χ1v) is 18.3. The van der Waals surface area contributed by atoms with E-state index in [1.165, 1.54) is 0 Å². The maximum Gasteiger partial charge on any atom is 0.160 e. The van der Waals surface area contributed by atoms with Gasteiger partial charge < -0.3 is 0 Å². The summed E-state index contributed by atoms with van der Waals surface area (Å²) in [6.07, 6.45) is 3.80. The molecule has 4 aromatic heterocycles. The van der Waals surface area contributed by atoms with Gasteiger partial charge >= 0.3 is 0 Å². The Balaban J connectivity index is 0.968. The van der Waals surface area contributed by atoms with Gasteiger partial charge in [0.25, 0.3) is 0 Å². The number of rotatable bonds is 8. The SMILES string of the molecule is Cc1ccc(-c2cc(-c3ccccc3)cc(-c3ccc(-c4ccc(-c5ccc(-c6nc(-c7ccccc7)cc(-c7ccccc7)n6)cc5)cc4)cn3)n2)nc1. The average Bonchev–Trinajstić information content (AvgIpc) is 3.27. The molecule has 0 saturated heterocycles. The second kappa shape index (κ2) is 14.9. The molecule has 4 heterocycles. The molecule has 0 saturated carbocycles. The van der Waals surface area contributed by atoms with Crippen molar-refractivity contribution in [2.45, 2.75) is 6.92 Å². The molecule has 0 amide bonds. The largest absolute Gasteiger partial charge is 0.254 e. The highest BCUT2D eigenvalue weighted by Crippen LogP contribution is 2.32. The second-order valence-corrected chi connectivity index (χ2v) is 13.5. The highest BCUT2D eigenvalue weighted by molar-refractivity contribution is 5.77. The summed E-state index contributed by atoms with van der Waals surface area (Å²) in [5, 5.41) is 0. The van der Waals surface area contributed by atoms with E-state index in [1.54, 1.807) is 0 Å². The molecular formula is C50H35N5. The van der Waals surface area contributed by atoms with E-state index in [1.807, 2.05) is 73.9 Å². The van der Waals surface area contributed by atoms with Crippen LogP contribution in [0.15, 0.2) is 194 Å². The van der Waals surface area contributed by atoms with Gasteiger partial charge in [0.15, 0.2) is 5.82 Å². The van der Waals surface area contributed by atoms with Crippen LogP contribution in [0.25, 0.3) is 90.1 Å². The summed E-state index contributed by atoms with van der Waals surface area (Å²) in [5.74, 6) is 0.697. The van der Waals surface area contributed by atoms with Crippen molar-refractivity contribution < 1.29 is 0 Å². The summed E-state index contributed by atoms with van der Waals surface area (Å²) >= 11 is 0. The number of hydrogen-bond acceptors (Lipinski definition) is 5. The van der Waals surface area contributed by atoms with E-state index in [2.05, 4.69) is 132 Å². The smallest absolute Gasteiger partial charge is 0.160 e. The molecule has 0 aliphatic carbocycles. The molecule has 9 aromatic rings. The van der Waals surface area contributed by atoms with Gasteiger partial charge in [-0.3, -0.25) is 9.97 Å². The van der Waals surface area contributed by atoms with Crippen LogP contribution in [0.4, 0.5) is 0 Å². The minimum atomic E-state index is 0.697. The topological polar surface area (TPSA) is 64.5 Å². The first-order valence-electron chi connectivity index (χ1n) is 18.3. The first kappa shape index (κ1) is 33.5. The van der Waals surface area contributed by atoms with Gasteiger partial charge in [-0.25, -0.2) is 15.0 Å². The minimum absolute atomic E-state index is 0.697. The predicted octanol–water partition coefficient (Wildman–Crippen LogP) is 12.3. The van der Waals surface area contributed by atoms with Crippen LogP contribution in [0.3, 0.4) is 0 Å². The third-order valence-electron chi connectivity index (χ3n) is 9.69. The normalized spacial score (nSPS) is 11.0. The standard InChI is InChI=1S/C50H35N5/c1-34-17-27-44(51-32-34)48-29-43(35-11-5-2-6-12-35)30-49(53-48)45-28-26-42(33-52-45)38-20-18-36(19-21-38)37-22-24-41(25-23-37)50-54-46(39-13-7-3-8-14-39)31-47(55-50)40-15-9-4-10-16-40/h2-33H,1H3. The van der Waals surface area contributed by atoms with E-state index in [4.69, 9.17) is 19.9 Å². The molecule has 5 nitrogen and oxygen atoms in total. The van der Waals surface area contributed by atoms with Crippen molar-refractivity contribution in [3.8, 4) is 90.1 Å². The van der Waals surface area contributed by atoms with Gasteiger partial charge in [-0.05, 0) is 70.6 Å². The van der Waals surface area contributed by atoms with Crippen LogP contribution >= 0.6 is 0 Å². The number of aromatic nitrogens is 5. The Hall–Kier alpha value is -7.37. The molecule has 0 bridgehead atoms. The quantitative estimate of drug-likeness (QED) is 0.157. The Labute approximate surface area is 320 Å². The zero-order chi connectivity index (χ0) is 37.0. The summed E-state index contributed by atoms with van der Waals surface area (Å²) in [6, 6.07) is 62.5. The van der Waals surface area contributed by atoms with Gasteiger partial charge in [0.2, 0.25) is 0 Å².